The van der Waals surface area contributed by atoms with Crippen molar-refractivity contribution in [1.82, 2.24) is 19.8 Å². The van der Waals surface area contributed by atoms with Crippen LogP contribution in [0.2, 0.25) is 0 Å². The zero-order valence-corrected chi connectivity index (χ0v) is 22.5. The van der Waals surface area contributed by atoms with E-state index >= 15 is 0 Å². The third-order valence-electron chi connectivity index (χ3n) is 6.87. The molecule has 1 fully saturated rings. The first-order chi connectivity index (χ1) is 18.5. The molecule has 7 nitrogen and oxygen atoms in total. The van der Waals surface area contributed by atoms with Crippen molar-refractivity contribution in [1.29, 1.82) is 0 Å². The number of methoxy groups -OCH3 is 1. The average Bonchev–Trinajstić information content (AvgIpc) is 3.54. The van der Waals surface area contributed by atoms with Crippen LogP contribution in [0.4, 0.5) is 5.69 Å². The standard InChI is InChI=1S/C30H31N5O2S/c1-20-13-14-21(2)23(19-20)32-27(36)15-18-35-29(28(33-30(35)38)22-9-6-7-16-31-22)25-11-8-17-34(25)24-10-4-5-12-26(24)37-3/h4-14,16-17,19,28-29H,15,18H2,1-3H3,(H,32,36)(H,33,38). The van der Waals surface area contributed by atoms with Gasteiger partial charge in [0.15, 0.2) is 5.11 Å². The molecule has 0 aliphatic carbocycles. The average molecular weight is 526 g/mol. The highest BCUT2D eigenvalue weighted by Gasteiger charge is 2.41. The quantitative estimate of drug-likeness (QED) is 0.296. The maximum absolute atomic E-state index is 13.0. The van der Waals surface area contributed by atoms with Crippen LogP contribution in [0.5, 0.6) is 5.75 Å². The number of benzene rings is 2. The van der Waals surface area contributed by atoms with Crippen LogP contribution < -0.4 is 15.4 Å². The molecule has 2 atom stereocenters. The van der Waals surface area contributed by atoms with Crippen molar-refractivity contribution in [2.45, 2.75) is 32.4 Å². The number of carbonyl (C=O) groups is 1. The molecule has 1 aliphatic heterocycles. The van der Waals surface area contributed by atoms with Crippen LogP contribution in [0.3, 0.4) is 0 Å². The molecule has 0 spiro atoms. The number of rotatable bonds is 8. The monoisotopic (exact) mass is 525 g/mol. The summed E-state index contributed by atoms with van der Waals surface area (Å²) in [4.78, 5) is 19.7. The Balaban J connectivity index is 1.46. The number of nitrogens with one attached hydrogen (secondary N) is 2. The number of hydrogen-bond donors (Lipinski definition) is 2. The van der Waals surface area contributed by atoms with E-state index in [1.165, 1.54) is 0 Å². The molecular formula is C30H31N5O2S. The zero-order valence-electron chi connectivity index (χ0n) is 21.7. The molecule has 3 heterocycles. The highest BCUT2D eigenvalue weighted by molar-refractivity contribution is 7.80. The van der Waals surface area contributed by atoms with Crippen molar-refractivity contribution in [2.24, 2.45) is 0 Å². The lowest BCUT2D eigenvalue weighted by Gasteiger charge is -2.29. The second-order valence-corrected chi connectivity index (χ2v) is 9.80. The number of thiocarbonyl (C=S) groups is 1. The van der Waals surface area contributed by atoms with Crippen LogP contribution in [0, 0.1) is 13.8 Å². The number of ether oxygens (including phenoxy) is 1. The summed E-state index contributed by atoms with van der Waals surface area (Å²) in [6.45, 7) is 4.46. The second kappa shape index (κ2) is 11.1. The van der Waals surface area contributed by atoms with Gasteiger partial charge < -0.3 is 24.8 Å². The summed E-state index contributed by atoms with van der Waals surface area (Å²) in [7, 11) is 1.67. The number of hydrogen-bond acceptors (Lipinski definition) is 4. The highest BCUT2D eigenvalue weighted by Crippen LogP contribution is 2.40. The van der Waals surface area contributed by atoms with Gasteiger partial charge in [0, 0.05) is 36.7 Å². The molecule has 38 heavy (non-hydrogen) atoms. The molecule has 2 unspecified atom stereocenters. The van der Waals surface area contributed by atoms with Gasteiger partial charge in [-0.2, -0.15) is 0 Å². The Kier molecular flexibility index (Phi) is 7.42. The minimum Gasteiger partial charge on any atom is -0.495 e. The van der Waals surface area contributed by atoms with Gasteiger partial charge in [0.25, 0.3) is 0 Å². The lowest BCUT2D eigenvalue weighted by Crippen LogP contribution is -2.33. The number of anilines is 1. The fourth-order valence-electron chi connectivity index (χ4n) is 4.96. The summed E-state index contributed by atoms with van der Waals surface area (Å²) in [5.41, 5.74) is 5.81. The van der Waals surface area contributed by atoms with E-state index in [2.05, 4.69) is 31.2 Å². The highest BCUT2D eigenvalue weighted by atomic mass is 32.1. The van der Waals surface area contributed by atoms with Gasteiger partial charge in [-0.1, -0.05) is 30.3 Å². The van der Waals surface area contributed by atoms with Gasteiger partial charge in [0.2, 0.25) is 5.91 Å². The summed E-state index contributed by atoms with van der Waals surface area (Å²) < 4.78 is 7.78. The molecule has 1 aliphatic rings. The Hall–Kier alpha value is -4.17. The number of carbonyl (C=O) groups excluding carboxylic acids is 1. The fraction of sp³-hybridized carbons (Fsp3) is 0.233. The predicted octanol–water partition coefficient (Wildman–Crippen LogP) is 5.50. The van der Waals surface area contributed by atoms with Crippen molar-refractivity contribution < 1.29 is 9.53 Å². The Morgan fingerprint density at radius 1 is 1.08 bits per heavy atom. The molecule has 4 aromatic rings. The molecule has 194 valence electrons. The molecule has 5 rings (SSSR count). The summed E-state index contributed by atoms with van der Waals surface area (Å²) in [6.07, 6.45) is 4.10. The maximum Gasteiger partial charge on any atom is 0.226 e. The van der Waals surface area contributed by atoms with E-state index in [4.69, 9.17) is 17.0 Å². The number of nitrogens with zero attached hydrogens (tertiary/aromatic N) is 3. The van der Waals surface area contributed by atoms with Gasteiger partial charge in [0.1, 0.15) is 5.75 Å². The number of aryl methyl sites for hydroxylation is 2. The van der Waals surface area contributed by atoms with Crippen LogP contribution in [-0.4, -0.2) is 39.1 Å². The first-order valence-corrected chi connectivity index (χ1v) is 13.0. The second-order valence-electron chi connectivity index (χ2n) is 9.41. The Bertz CT molecular complexity index is 1450. The van der Waals surface area contributed by atoms with Gasteiger partial charge in [-0.05, 0) is 79.7 Å². The molecule has 2 aromatic heterocycles. The summed E-state index contributed by atoms with van der Waals surface area (Å²) in [5.74, 6) is 0.717. The van der Waals surface area contributed by atoms with Crippen molar-refractivity contribution in [3.8, 4) is 11.4 Å². The molecule has 0 saturated carbocycles. The molecule has 1 amide bonds. The van der Waals surface area contributed by atoms with Gasteiger partial charge in [0.05, 0.1) is 30.6 Å². The van der Waals surface area contributed by atoms with Crippen LogP contribution in [-0.2, 0) is 4.79 Å². The summed E-state index contributed by atoms with van der Waals surface area (Å²) >= 11 is 5.82. The largest absolute Gasteiger partial charge is 0.495 e. The lowest BCUT2D eigenvalue weighted by atomic mass is 10.0. The van der Waals surface area contributed by atoms with Crippen molar-refractivity contribution in [3.05, 3.63) is 108 Å². The number of para-hydroxylation sites is 2. The van der Waals surface area contributed by atoms with E-state index in [0.717, 1.165) is 39.6 Å². The van der Waals surface area contributed by atoms with Crippen LogP contribution in [0.1, 0.15) is 41.0 Å². The van der Waals surface area contributed by atoms with Crippen LogP contribution >= 0.6 is 12.2 Å². The first-order valence-electron chi connectivity index (χ1n) is 12.6. The smallest absolute Gasteiger partial charge is 0.226 e. The molecule has 1 saturated heterocycles. The normalized spacial score (nSPS) is 16.8. The number of pyridine rings is 1. The molecule has 0 bridgehead atoms. The summed E-state index contributed by atoms with van der Waals surface area (Å²) in [6, 6.07) is 23.6. The van der Waals surface area contributed by atoms with Crippen molar-refractivity contribution in [3.63, 3.8) is 0 Å². The van der Waals surface area contributed by atoms with E-state index in [-0.39, 0.29) is 24.4 Å². The Morgan fingerprint density at radius 2 is 1.89 bits per heavy atom. The zero-order chi connectivity index (χ0) is 26.6. The van der Waals surface area contributed by atoms with Crippen molar-refractivity contribution >= 4 is 28.9 Å². The van der Waals surface area contributed by atoms with E-state index in [1.807, 2.05) is 86.8 Å². The SMILES string of the molecule is COc1ccccc1-n1cccc1C1C(c2ccccn2)NC(=S)N1CCC(=O)Nc1cc(C)ccc1C. The minimum atomic E-state index is -0.189. The van der Waals surface area contributed by atoms with E-state index < -0.39 is 0 Å². The van der Waals surface area contributed by atoms with Gasteiger partial charge in [-0.15, -0.1) is 0 Å². The van der Waals surface area contributed by atoms with E-state index in [1.54, 1.807) is 13.3 Å². The van der Waals surface area contributed by atoms with E-state index in [0.29, 0.717) is 11.7 Å². The lowest BCUT2D eigenvalue weighted by molar-refractivity contribution is -0.116. The van der Waals surface area contributed by atoms with E-state index in [9.17, 15) is 4.79 Å². The molecule has 0 radical (unpaired) electrons. The first kappa shape index (κ1) is 25.5. The minimum absolute atomic E-state index is 0.0540. The number of amides is 1. The van der Waals surface area contributed by atoms with Gasteiger partial charge >= 0.3 is 0 Å². The van der Waals surface area contributed by atoms with Gasteiger partial charge in [-0.25, -0.2) is 0 Å². The van der Waals surface area contributed by atoms with Crippen molar-refractivity contribution in [2.75, 3.05) is 19.0 Å². The third-order valence-corrected chi connectivity index (χ3v) is 7.23. The molecule has 8 heteroatoms. The maximum atomic E-state index is 13.0. The third kappa shape index (κ3) is 5.13. The topological polar surface area (TPSA) is 71.4 Å². The molecule has 2 N–H and O–H groups in total. The van der Waals surface area contributed by atoms with Gasteiger partial charge in [-0.3, -0.25) is 9.78 Å². The Labute approximate surface area is 228 Å². The van der Waals surface area contributed by atoms with Crippen LogP contribution in [0.15, 0.2) is 85.2 Å². The molecule has 2 aromatic carbocycles. The molecular weight excluding hydrogens is 494 g/mol. The van der Waals surface area contributed by atoms with Crippen LogP contribution in [0.25, 0.3) is 5.69 Å². The number of aromatic nitrogens is 2. The predicted molar refractivity (Wildman–Crippen MR) is 154 cm³/mol. The fourth-order valence-corrected chi connectivity index (χ4v) is 5.29. The Morgan fingerprint density at radius 3 is 2.68 bits per heavy atom. The summed E-state index contributed by atoms with van der Waals surface area (Å²) in [5, 5.41) is 7.14.